The van der Waals surface area contributed by atoms with E-state index in [9.17, 15) is 4.79 Å². The molecule has 4 heteroatoms. The lowest BCUT2D eigenvalue weighted by molar-refractivity contribution is -0.107. The summed E-state index contributed by atoms with van der Waals surface area (Å²) in [4.78, 5) is 10.9. The Bertz CT molecular complexity index is 528. The number of carbonyl (C=O) groups excluding carboxylic acids is 1. The summed E-state index contributed by atoms with van der Waals surface area (Å²) in [6.45, 7) is 15.1. The van der Waals surface area contributed by atoms with E-state index in [1.54, 1.807) is 7.11 Å². The zero-order valence-corrected chi connectivity index (χ0v) is 15.6. The molecule has 1 aromatic rings. The van der Waals surface area contributed by atoms with Gasteiger partial charge in [-0.25, -0.2) is 0 Å². The average molecular weight is 308 g/mol. The summed E-state index contributed by atoms with van der Waals surface area (Å²) >= 11 is 0. The third-order valence-corrected chi connectivity index (χ3v) is 8.84. The minimum absolute atomic E-state index is 0.111. The Kier molecular flexibility index (Phi) is 5.26. The Balaban J connectivity index is 3.40. The molecule has 1 aromatic carbocycles. The number of ether oxygens (including phenoxy) is 1. The van der Waals surface area contributed by atoms with Gasteiger partial charge in [0.25, 0.3) is 8.32 Å². The number of aryl methyl sites for hydroxylation is 1. The number of hydrogen-bond donors (Lipinski definition) is 0. The van der Waals surface area contributed by atoms with Crippen molar-refractivity contribution in [2.24, 2.45) is 0 Å². The van der Waals surface area contributed by atoms with Gasteiger partial charge >= 0.3 is 0 Å². The van der Waals surface area contributed by atoms with E-state index in [0.29, 0.717) is 6.42 Å². The van der Waals surface area contributed by atoms with E-state index in [1.165, 1.54) is 0 Å². The molecule has 0 aromatic heterocycles. The van der Waals surface area contributed by atoms with E-state index < -0.39 is 8.32 Å². The van der Waals surface area contributed by atoms with Crippen LogP contribution in [0.1, 0.15) is 37.5 Å². The molecule has 0 atom stereocenters. The van der Waals surface area contributed by atoms with Gasteiger partial charge in [0.15, 0.2) is 5.75 Å². The molecule has 118 valence electrons. The van der Waals surface area contributed by atoms with Gasteiger partial charge in [0, 0.05) is 6.42 Å². The van der Waals surface area contributed by atoms with E-state index in [4.69, 9.17) is 9.16 Å². The number of aldehydes is 1. The average Bonchev–Trinajstić information content (AvgIpc) is 2.36. The van der Waals surface area contributed by atoms with Gasteiger partial charge in [-0.2, -0.15) is 0 Å². The number of hydrogen-bond acceptors (Lipinski definition) is 3. The van der Waals surface area contributed by atoms with Crippen LogP contribution in [0.5, 0.6) is 11.5 Å². The van der Waals surface area contributed by atoms with Crippen molar-refractivity contribution in [3.05, 3.63) is 22.8 Å². The summed E-state index contributed by atoms with van der Waals surface area (Å²) in [6.07, 6.45) is 1.35. The molecule has 0 saturated heterocycles. The Labute approximate surface area is 129 Å². The van der Waals surface area contributed by atoms with Gasteiger partial charge in [-0.05, 0) is 54.7 Å². The largest absolute Gasteiger partial charge is 0.541 e. The number of rotatable bonds is 5. The molecule has 1 rings (SSSR count). The van der Waals surface area contributed by atoms with Gasteiger partial charge < -0.3 is 14.0 Å². The highest BCUT2D eigenvalue weighted by molar-refractivity contribution is 6.74. The fourth-order valence-electron chi connectivity index (χ4n) is 2.05. The smallest absolute Gasteiger partial charge is 0.250 e. The van der Waals surface area contributed by atoms with Crippen molar-refractivity contribution >= 4 is 14.6 Å². The van der Waals surface area contributed by atoms with Gasteiger partial charge in [0.05, 0.1) is 7.11 Å². The second kappa shape index (κ2) is 6.22. The van der Waals surface area contributed by atoms with Gasteiger partial charge in [-0.3, -0.25) is 0 Å². The van der Waals surface area contributed by atoms with Crippen LogP contribution in [0.3, 0.4) is 0 Å². The molecule has 0 heterocycles. The quantitative estimate of drug-likeness (QED) is 0.596. The van der Waals surface area contributed by atoms with Crippen molar-refractivity contribution in [2.75, 3.05) is 7.11 Å². The topological polar surface area (TPSA) is 35.5 Å². The summed E-state index contributed by atoms with van der Waals surface area (Å²) in [5.41, 5.74) is 3.13. The van der Waals surface area contributed by atoms with Crippen LogP contribution in [0.2, 0.25) is 18.1 Å². The van der Waals surface area contributed by atoms with E-state index in [-0.39, 0.29) is 5.04 Å². The third kappa shape index (κ3) is 3.67. The second-order valence-electron chi connectivity index (χ2n) is 7.06. The first kappa shape index (κ1) is 17.8. The summed E-state index contributed by atoms with van der Waals surface area (Å²) in [5, 5.41) is 0.111. The fraction of sp³-hybridized carbons (Fsp3) is 0.588. The number of carbonyl (C=O) groups is 1. The lowest BCUT2D eigenvalue weighted by Crippen LogP contribution is -2.44. The van der Waals surface area contributed by atoms with Gasteiger partial charge in [-0.15, -0.1) is 0 Å². The van der Waals surface area contributed by atoms with Crippen molar-refractivity contribution in [1.82, 2.24) is 0 Å². The Morgan fingerprint density at radius 1 is 1.24 bits per heavy atom. The monoisotopic (exact) mass is 308 g/mol. The van der Waals surface area contributed by atoms with Crippen LogP contribution in [0.25, 0.3) is 0 Å². The molecule has 0 amide bonds. The zero-order chi connectivity index (χ0) is 16.4. The zero-order valence-electron chi connectivity index (χ0n) is 14.6. The molecule has 0 spiro atoms. The first-order valence-corrected chi connectivity index (χ1v) is 10.3. The molecule has 3 nitrogen and oxygen atoms in total. The highest BCUT2D eigenvalue weighted by Gasteiger charge is 2.40. The predicted octanol–water partition coefficient (Wildman–Crippen LogP) is 4.44. The Hall–Kier alpha value is -1.29. The minimum Gasteiger partial charge on any atom is -0.541 e. The normalized spacial score (nSPS) is 12.2. The van der Waals surface area contributed by atoms with Crippen molar-refractivity contribution in [3.63, 3.8) is 0 Å². The van der Waals surface area contributed by atoms with Crippen LogP contribution in [0.15, 0.2) is 6.07 Å². The first-order valence-electron chi connectivity index (χ1n) is 7.35. The SMILES string of the molecule is COc1cc(C)c(CC=O)c(C)c1O[Si](C)(C)C(C)(C)C. The van der Waals surface area contributed by atoms with Gasteiger partial charge in [0.2, 0.25) is 0 Å². The van der Waals surface area contributed by atoms with Gasteiger partial charge in [-0.1, -0.05) is 20.8 Å². The highest BCUT2D eigenvalue weighted by atomic mass is 28.4. The molecular formula is C17H28O3Si. The summed E-state index contributed by atoms with van der Waals surface area (Å²) in [7, 11) is -0.298. The van der Waals surface area contributed by atoms with Crippen LogP contribution in [0.4, 0.5) is 0 Å². The van der Waals surface area contributed by atoms with Crippen molar-refractivity contribution < 1.29 is 14.0 Å². The molecule has 0 radical (unpaired) electrons. The number of methoxy groups -OCH3 is 1. The highest BCUT2D eigenvalue weighted by Crippen LogP contribution is 2.42. The summed E-state index contributed by atoms with van der Waals surface area (Å²) in [5.74, 6) is 1.55. The first-order chi connectivity index (χ1) is 9.55. The minimum atomic E-state index is -1.96. The lowest BCUT2D eigenvalue weighted by atomic mass is 9.99. The van der Waals surface area contributed by atoms with E-state index >= 15 is 0 Å². The summed E-state index contributed by atoms with van der Waals surface area (Å²) in [6, 6.07) is 1.97. The molecule has 0 bridgehead atoms. The van der Waals surface area contributed by atoms with E-state index in [2.05, 4.69) is 33.9 Å². The van der Waals surface area contributed by atoms with Crippen LogP contribution in [-0.4, -0.2) is 21.7 Å². The molecule has 0 unspecified atom stereocenters. The standard InChI is InChI=1S/C17H28O3Si/c1-12-11-15(19-6)16(13(2)14(12)9-10-18)20-21(7,8)17(3,4)5/h10-11H,9H2,1-8H3. The maximum Gasteiger partial charge on any atom is 0.250 e. The summed E-state index contributed by atoms with van der Waals surface area (Å²) < 4.78 is 12.0. The second-order valence-corrected chi connectivity index (χ2v) is 11.8. The van der Waals surface area contributed by atoms with Crippen LogP contribution in [-0.2, 0) is 11.2 Å². The van der Waals surface area contributed by atoms with Crippen molar-refractivity contribution in [3.8, 4) is 11.5 Å². The van der Waals surface area contributed by atoms with Gasteiger partial charge in [0.1, 0.15) is 12.0 Å². The van der Waals surface area contributed by atoms with Crippen LogP contribution in [0, 0.1) is 13.8 Å². The lowest BCUT2D eigenvalue weighted by Gasteiger charge is -2.37. The van der Waals surface area contributed by atoms with E-state index in [0.717, 1.165) is 34.5 Å². The molecule has 0 aliphatic heterocycles. The maximum absolute atomic E-state index is 10.9. The van der Waals surface area contributed by atoms with Crippen molar-refractivity contribution in [1.29, 1.82) is 0 Å². The third-order valence-electron chi connectivity index (χ3n) is 4.51. The van der Waals surface area contributed by atoms with Crippen LogP contribution < -0.4 is 9.16 Å². The molecule has 0 aliphatic rings. The Morgan fingerprint density at radius 3 is 2.24 bits per heavy atom. The Morgan fingerprint density at radius 2 is 1.81 bits per heavy atom. The molecule has 0 aliphatic carbocycles. The molecular weight excluding hydrogens is 280 g/mol. The van der Waals surface area contributed by atoms with Crippen LogP contribution >= 0.6 is 0 Å². The number of benzene rings is 1. The predicted molar refractivity (Wildman–Crippen MR) is 90.1 cm³/mol. The van der Waals surface area contributed by atoms with Crippen molar-refractivity contribution in [2.45, 2.75) is 59.2 Å². The maximum atomic E-state index is 10.9. The molecule has 0 fully saturated rings. The fourth-order valence-corrected chi connectivity index (χ4v) is 3.12. The molecule has 21 heavy (non-hydrogen) atoms. The molecule has 0 N–H and O–H groups in total. The van der Waals surface area contributed by atoms with E-state index in [1.807, 2.05) is 19.9 Å². The molecule has 0 saturated carbocycles.